The van der Waals surface area contributed by atoms with Gasteiger partial charge >= 0.3 is 5.97 Å². The monoisotopic (exact) mass is 719 g/mol. The summed E-state index contributed by atoms with van der Waals surface area (Å²) in [6.45, 7) is -0.205. The molecule has 9 rings (SSSR count). The van der Waals surface area contributed by atoms with Crippen LogP contribution < -0.4 is 15.4 Å². The quantitative estimate of drug-likeness (QED) is 0.143. The average Bonchev–Trinajstić information content (AvgIpc) is 3.87. The molecule has 1 aromatic heterocycles. The number of para-hydroxylation sites is 4. The summed E-state index contributed by atoms with van der Waals surface area (Å²) in [5.74, 6) is -1.85. The van der Waals surface area contributed by atoms with E-state index in [2.05, 4.69) is 20.6 Å². The van der Waals surface area contributed by atoms with Crippen LogP contribution in [-0.2, 0) is 31.1 Å². The van der Waals surface area contributed by atoms with Crippen LogP contribution in [0.2, 0.25) is 0 Å². The van der Waals surface area contributed by atoms with Crippen molar-refractivity contribution in [2.24, 2.45) is 5.92 Å². The van der Waals surface area contributed by atoms with Gasteiger partial charge in [-0.3, -0.25) is 19.3 Å². The van der Waals surface area contributed by atoms with E-state index in [1.807, 2.05) is 132 Å². The summed E-state index contributed by atoms with van der Waals surface area (Å²) in [7, 11) is 0. The first-order valence-electron chi connectivity index (χ1n) is 18.0. The number of amides is 2. The van der Waals surface area contributed by atoms with E-state index in [-0.39, 0.29) is 19.8 Å². The highest BCUT2D eigenvalue weighted by Crippen LogP contribution is 2.65. The number of benzene rings is 5. The number of rotatable bonds is 9. The Morgan fingerprint density at radius 3 is 2.30 bits per heavy atom. The van der Waals surface area contributed by atoms with Crippen LogP contribution in [0.5, 0.6) is 5.75 Å². The maximum absolute atomic E-state index is 15.1. The zero-order chi connectivity index (χ0) is 36.8. The number of nitrogens with one attached hydrogen (secondary N) is 3. The Kier molecular flexibility index (Phi) is 8.44. The van der Waals surface area contributed by atoms with Crippen molar-refractivity contribution in [1.29, 1.82) is 0 Å². The highest BCUT2D eigenvalue weighted by Gasteiger charge is 2.74. The fraction of sp³-hybridized carbons (Fsp3) is 0.209. The normalized spacial score (nSPS) is 24.5. The third-order valence-corrected chi connectivity index (χ3v) is 10.9. The number of hydrogen-bond acceptors (Lipinski definition) is 8. The van der Waals surface area contributed by atoms with Crippen LogP contribution >= 0.6 is 0 Å². The summed E-state index contributed by atoms with van der Waals surface area (Å²) >= 11 is 0. The molecule has 1 spiro atoms. The van der Waals surface area contributed by atoms with Crippen LogP contribution in [0.15, 0.2) is 133 Å². The van der Waals surface area contributed by atoms with Crippen LogP contribution in [0, 0.1) is 5.92 Å². The number of aliphatic hydroxyl groups is 1. The number of aromatic nitrogens is 2. The van der Waals surface area contributed by atoms with Gasteiger partial charge in [0.05, 0.1) is 42.2 Å². The zero-order valence-electron chi connectivity index (χ0n) is 29.1. The molecule has 3 aliphatic heterocycles. The molecule has 6 aromatic rings. The van der Waals surface area contributed by atoms with E-state index in [4.69, 9.17) is 9.47 Å². The van der Waals surface area contributed by atoms with Crippen molar-refractivity contribution in [3.63, 3.8) is 0 Å². The second-order valence-corrected chi connectivity index (χ2v) is 13.8. The predicted molar refractivity (Wildman–Crippen MR) is 200 cm³/mol. The van der Waals surface area contributed by atoms with Crippen LogP contribution in [0.4, 0.5) is 5.69 Å². The summed E-state index contributed by atoms with van der Waals surface area (Å²) in [6.07, 6.45) is -0.792. The van der Waals surface area contributed by atoms with Crippen molar-refractivity contribution in [3.05, 3.63) is 162 Å². The van der Waals surface area contributed by atoms with E-state index in [0.29, 0.717) is 28.4 Å². The molecule has 4 heterocycles. The number of aliphatic hydroxyl groups excluding tert-OH is 1. The van der Waals surface area contributed by atoms with E-state index in [1.165, 1.54) is 0 Å². The van der Waals surface area contributed by atoms with E-state index >= 15 is 9.59 Å². The average molecular weight is 720 g/mol. The number of carbonyl (C=O) groups excluding carboxylic acids is 3. The van der Waals surface area contributed by atoms with E-state index in [1.54, 1.807) is 6.07 Å². The molecule has 0 saturated carbocycles. The van der Waals surface area contributed by atoms with Crippen molar-refractivity contribution >= 4 is 34.5 Å². The van der Waals surface area contributed by atoms with Gasteiger partial charge in [-0.15, -0.1) is 0 Å². The molecule has 0 bridgehead atoms. The van der Waals surface area contributed by atoms with Crippen LogP contribution in [0.1, 0.15) is 46.3 Å². The van der Waals surface area contributed by atoms with Gasteiger partial charge in [0.2, 0.25) is 11.8 Å². The van der Waals surface area contributed by atoms with Crippen molar-refractivity contribution in [1.82, 2.24) is 20.2 Å². The summed E-state index contributed by atoms with van der Waals surface area (Å²) in [5, 5.41) is 16.0. The van der Waals surface area contributed by atoms with Crippen molar-refractivity contribution in [2.45, 2.75) is 36.2 Å². The van der Waals surface area contributed by atoms with Gasteiger partial charge in [-0.2, -0.15) is 0 Å². The molecule has 5 aromatic carbocycles. The topological polar surface area (TPSA) is 146 Å². The number of morpholine rings is 1. The van der Waals surface area contributed by atoms with Crippen LogP contribution in [0.25, 0.3) is 11.0 Å². The van der Waals surface area contributed by atoms with Gasteiger partial charge in [-0.1, -0.05) is 109 Å². The molecule has 2 saturated heterocycles. The lowest BCUT2D eigenvalue weighted by Crippen LogP contribution is -2.54. The Hall–Kier alpha value is -6.30. The summed E-state index contributed by atoms with van der Waals surface area (Å²) in [4.78, 5) is 55.1. The molecular weight excluding hydrogens is 683 g/mol. The number of aromatic amines is 1. The van der Waals surface area contributed by atoms with Gasteiger partial charge in [0.25, 0.3) is 0 Å². The molecule has 54 heavy (non-hydrogen) atoms. The first-order valence-corrected chi connectivity index (χ1v) is 18.0. The highest BCUT2D eigenvalue weighted by atomic mass is 16.6. The molecule has 0 unspecified atom stereocenters. The number of hydrogen-bond donors (Lipinski definition) is 4. The first-order chi connectivity index (χ1) is 26.5. The number of imidazole rings is 1. The zero-order valence-corrected chi connectivity index (χ0v) is 29.1. The minimum Gasteiger partial charge on any atom is -0.491 e. The number of carbonyl (C=O) groups is 3. The maximum atomic E-state index is 15.1. The second-order valence-electron chi connectivity index (χ2n) is 13.8. The molecule has 3 aliphatic rings. The number of H-pyrrole nitrogens is 1. The molecule has 2 fully saturated rings. The van der Waals surface area contributed by atoms with E-state index in [0.717, 1.165) is 22.2 Å². The second kappa shape index (κ2) is 13.6. The maximum Gasteiger partial charge on any atom is 0.324 e. The molecule has 0 aliphatic carbocycles. The molecule has 2 amide bonds. The number of fused-ring (bicyclic) bond motifs is 4. The molecule has 270 valence electrons. The Bertz CT molecular complexity index is 2330. The standard InChI is InChI=1S/C43H37N5O6/c49-23-24-53-33-22-12-7-17-28(33)39-43(29-18-8-9-19-30(29)47-42(43)52)35(40(50)44-25-34-45-31-20-10-11-21-32(31)46-34)37-41(51)54-38(27-15-5-2-6-16-27)36(48(37)39)26-13-3-1-4-14-26/h1-22,35-39,49H,23-25H2,(H,44,50)(H,45,46)(H,47,52)/t35-,36-,37-,38+,39+,43-/m0/s1. The minimum atomic E-state index is -1.64. The molecule has 4 N–H and O–H groups in total. The smallest absolute Gasteiger partial charge is 0.324 e. The number of anilines is 1. The lowest BCUT2D eigenvalue weighted by atomic mass is 9.65. The number of ether oxygens (including phenoxy) is 2. The summed E-state index contributed by atoms with van der Waals surface area (Å²) in [6, 6.07) is 38.7. The van der Waals surface area contributed by atoms with E-state index < -0.39 is 53.3 Å². The van der Waals surface area contributed by atoms with Crippen LogP contribution in [0.3, 0.4) is 0 Å². The first kappa shape index (κ1) is 33.5. The van der Waals surface area contributed by atoms with Crippen molar-refractivity contribution in [2.75, 3.05) is 18.5 Å². The third kappa shape index (κ3) is 5.26. The predicted octanol–water partition coefficient (Wildman–Crippen LogP) is 5.52. The lowest BCUT2D eigenvalue weighted by Gasteiger charge is -2.46. The molecule has 0 radical (unpaired) electrons. The van der Waals surface area contributed by atoms with Gasteiger partial charge in [-0.05, 0) is 41.0 Å². The Labute approximate surface area is 310 Å². The molecule has 6 atom stereocenters. The highest BCUT2D eigenvalue weighted by molar-refractivity contribution is 6.12. The van der Waals surface area contributed by atoms with Crippen LogP contribution in [-0.4, -0.2) is 57.0 Å². The Morgan fingerprint density at radius 1 is 0.833 bits per heavy atom. The van der Waals surface area contributed by atoms with Crippen molar-refractivity contribution in [3.8, 4) is 5.75 Å². The minimum absolute atomic E-state index is 0.00115. The Morgan fingerprint density at radius 2 is 1.52 bits per heavy atom. The van der Waals surface area contributed by atoms with Gasteiger partial charge < -0.3 is 30.2 Å². The summed E-state index contributed by atoms with van der Waals surface area (Å²) < 4.78 is 12.6. The number of cyclic esters (lactones) is 1. The molecule has 11 nitrogen and oxygen atoms in total. The third-order valence-electron chi connectivity index (χ3n) is 10.9. The fourth-order valence-corrected chi connectivity index (χ4v) is 8.89. The van der Waals surface area contributed by atoms with Gasteiger partial charge in [0.15, 0.2) is 0 Å². The SMILES string of the molecule is O=C1O[C@H](c2ccccc2)[C@H](c2ccccc2)N2[C@H]1[C@@H](C(=O)NCc1nc3ccccc3[nH]1)[C@]1(C(=O)Nc3ccccc31)[C@H]2c1ccccc1OCCO. The largest absolute Gasteiger partial charge is 0.491 e. The summed E-state index contributed by atoms with van der Waals surface area (Å²) in [5.41, 5.74) is 3.28. The van der Waals surface area contributed by atoms with Gasteiger partial charge in [0.1, 0.15) is 35.7 Å². The Balaban J connectivity index is 1.29. The number of esters is 1. The van der Waals surface area contributed by atoms with Gasteiger partial charge in [-0.25, -0.2) is 4.98 Å². The number of nitrogens with zero attached hydrogens (tertiary/aromatic N) is 2. The van der Waals surface area contributed by atoms with Crippen molar-refractivity contribution < 1.29 is 29.0 Å². The van der Waals surface area contributed by atoms with E-state index in [9.17, 15) is 9.90 Å². The molecular formula is C43H37N5O6. The lowest BCUT2D eigenvalue weighted by molar-refractivity contribution is -0.178. The molecule has 11 heteroatoms. The fourth-order valence-electron chi connectivity index (χ4n) is 8.89. The van der Waals surface area contributed by atoms with Gasteiger partial charge in [0, 0.05) is 11.3 Å².